The quantitative estimate of drug-likeness (QED) is 0.646. The summed E-state index contributed by atoms with van der Waals surface area (Å²) in [6.07, 6.45) is 1.61. The van der Waals surface area contributed by atoms with Crippen molar-refractivity contribution in [1.29, 1.82) is 0 Å². The number of hydrogen-bond acceptors (Lipinski definition) is 4. The standard InChI is InChI=1S/C14H23BrN2O3S/c1-3-6-20-7-4-5-17-21(18,19)13-9-12(10-16)8-11(2)14(13)15/h8-9,17H,3-7,10,16H2,1-2H3. The van der Waals surface area contributed by atoms with Gasteiger partial charge in [-0.15, -0.1) is 0 Å². The van der Waals surface area contributed by atoms with Gasteiger partial charge in [0.05, 0.1) is 4.90 Å². The highest BCUT2D eigenvalue weighted by Crippen LogP contribution is 2.27. The fraction of sp³-hybridized carbons (Fsp3) is 0.571. The second-order valence-corrected chi connectivity index (χ2v) is 7.32. The van der Waals surface area contributed by atoms with E-state index >= 15 is 0 Å². The number of halogens is 1. The monoisotopic (exact) mass is 378 g/mol. The summed E-state index contributed by atoms with van der Waals surface area (Å²) >= 11 is 3.34. The van der Waals surface area contributed by atoms with E-state index in [1.165, 1.54) is 0 Å². The minimum Gasteiger partial charge on any atom is -0.381 e. The lowest BCUT2D eigenvalue weighted by Crippen LogP contribution is -2.26. The molecule has 0 bridgehead atoms. The predicted molar refractivity (Wildman–Crippen MR) is 87.7 cm³/mol. The molecule has 0 unspecified atom stereocenters. The van der Waals surface area contributed by atoms with Gasteiger partial charge in [0, 0.05) is 30.8 Å². The van der Waals surface area contributed by atoms with Crippen molar-refractivity contribution in [3.8, 4) is 0 Å². The van der Waals surface area contributed by atoms with Crippen LogP contribution in [-0.4, -0.2) is 28.2 Å². The van der Waals surface area contributed by atoms with E-state index in [4.69, 9.17) is 10.5 Å². The average molecular weight is 379 g/mol. The van der Waals surface area contributed by atoms with Crippen LogP contribution in [0.25, 0.3) is 0 Å². The molecule has 1 rings (SSSR count). The second-order valence-electron chi connectivity index (χ2n) is 4.79. The zero-order valence-electron chi connectivity index (χ0n) is 12.5. The van der Waals surface area contributed by atoms with E-state index in [2.05, 4.69) is 20.7 Å². The molecule has 1 aromatic carbocycles. The van der Waals surface area contributed by atoms with E-state index in [0.29, 0.717) is 37.2 Å². The molecule has 0 aromatic heterocycles. The number of aryl methyl sites for hydroxylation is 1. The Morgan fingerprint density at radius 3 is 2.67 bits per heavy atom. The summed E-state index contributed by atoms with van der Waals surface area (Å²) in [5.74, 6) is 0. The molecule has 7 heteroatoms. The lowest BCUT2D eigenvalue weighted by molar-refractivity contribution is 0.133. The molecule has 0 aliphatic rings. The largest absolute Gasteiger partial charge is 0.381 e. The van der Waals surface area contributed by atoms with Crippen molar-refractivity contribution in [2.45, 2.75) is 38.1 Å². The van der Waals surface area contributed by atoms with Gasteiger partial charge in [-0.05, 0) is 52.9 Å². The van der Waals surface area contributed by atoms with Crippen molar-refractivity contribution in [3.63, 3.8) is 0 Å². The van der Waals surface area contributed by atoms with Crippen molar-refractivity contribution in [1.82, 2.24) is 4.72 Å². The fourth-order valence-corrected chi connectivity index (χ4v) is 3.97. The first kappa shape index (κ1) is 18.6. The van der Waals surface area contributed by atoms with E-state index in [0.717, 1.165) is 17.5 Å². The van der Waals surface area contributed by atoms with Crippen LogP contribution in [0.5, 0.6) is 0 Å². The maximum Gasteiger partial charge on any atom is 0.241 e. The van der Waals surface area contributed by atoms with Crippen molar-refractivity contribution in [3.05, 3.63) is 27.7 Å². The van der Waals surface area contributed by atoms with Gasteiger partial charge in [-0.3, -0.25) is 0 Å². The maximum absolute atomic E-state index is 12.3. The Balaban J connectivity index is 2.72. The number of ether oxygens (including phenoxy) is 1. The normalized spacial score (nSPS) is 11.8. The molecule has 120 valence electrons. The smallest absolute Gasteiger partial charge is 0.241 e. The molecule has 0 aliphatic heterocycles. The third kappa shape index (κ3) is 5.67. The number of sulfonamides is 1. The van der Waals surface area contributed by atoms with Crippen LogP contribution < -0.4 is 10.5 Å². The Morgan fingerprint density at radius 2 is 2.05 bits per heavy atom. The molecule has 0 saturated carbocycles. The first-order valence-electron chi connectivity index (χ1n) is 6.99. The van der Waals surface area contributed by atoms with Crippen LogP contribution in [0.4, 0.5) is 0 Å². The summed E-state index contributed by atoms with van der Waals surface area (Å²) in [6.45, 7) is 5.80. The van der Waals surface area contributed by atoms with Crippen molar-refractivity contribution < 1.29 is 13.2 Å². The van der Waals surface area contributed by atoms with Crippen LogP contribution >= 0.6 is 15.9 Å². The zero-order chi connectivity index (χ0) is 15.9. The first-order valence-corrected chi connectivity index (χ1v) is 9.26. The zero-order valence-corrected chi connectivity index (χ0v) is 14.9. The second kappa shape index (κ2) is 8.85. The van der Waals surface area contributed by atoms with Gasteiger partial charge in [-0.1, -0.05) is 13.0 Å². The van der Waals surface area contributed by atoms with E-state index in [1.807, 2.05) is 19.9 Å². The molecule has 0 radical (unpaired) electrons. The van der Waals surface area contributed by atoms with E-state index in [1.54, 1.807) is 6.07 Å². The summed E-state index contributed by atoms with van der Waals surface area (Å²) in [4.78, 5) is 0.234. The Morgan fingerprint density at radius 1 is 1.33 bits per heavy atom. The van der Waals surface area contributed by atoms with Crippen LogP contribution in [0.3, 0.4) is 0 Å². The Labute approximate surface area is 135 Å². The van der Waals surface area contributed by atoms with E-state index in [-0.39, 0.29) is 4.90 Å². The van der Waals surface area contributed by atoms with E-state index < -0.39 is 10.0 Å². The van der Waals surface area contributed by atoms with Gasteiger partial charge in [0.25, 0.3) is 0 Å². The maximum atomic E-state index is 12.3. The number of benzene rings is 1. The SMILES string of the molecule is CCCOCCCNS(=O)(=O)c1cc(CN)cc(C)c1Br. The molecule has 0 amide bonds. The van der Waals surface area contributed by atoms with Crippen LogP contribution in [0, 0.1) is 6.92 Å². The van der Waals surface area contributed by atoms with Crippen LogP contribution in [0.2, 0.25) is 0 Å². The fourth-order valence-electron chi connectivity index (χ4n) is 1.83. The van der Waals surface area contributed by atoms with Crippen LogP contribution in [0.1, 0.15) is 30.9 Å². The van der Waals surface area contributed by atoms with Gasteiger partial charge < -0.3 is 10.5 Å². The lowest BCUT2D eigenvalue weighted by Gasteiger charge is -2.12. The summed E-state index contributed by atoms with van der Waals surface area (Å²) in [6, 6.07) is 3.48. The topological polar surface area (TPSA) is 81.4 Å². The minimum atomic E-state index is -3.55. The molecule has 0 heterocycles. The number of hydrogen-bond donors (Lipinski definition) is 2. The average Bonchev–Trinajstić information content (AvgIpc) is 2.45. The molecule has 21 heavy (non-hydrogen) atoms. The third-order valence-electron chi connectivity index (χ3n) is 2.91. The summed E-state index contributed by atoms with van der Waals surface area (Å²) in [7, 11) is -3.55. The van der Waals surface area contributed by atoms with Crippen LogP contribution in [-0.2, 0) is 21.3 Å². The minimum absolute atomic E-state index is 0.234. The molecule has 0 fully saturated rings. The summed E-state index contributed by atoms with van der Waals surface area (Å²) in [5, 5.41) is 0. The molecule has 0 spiro atoms. The molecule has 5 nitrogen and oxygen atoms in total. The lowest BCUT2D eigenvalue weighted by atomic mass is 10.1. The third-order valence-corrected chi connectivity index (χ3v) is 5.71. The van der Waals surface area contributed by atoms with Gasteiger partial charge in [-0.25, -0.2) is 13.1 Å². The highest BCUT2D eigenvalue weighted by atomic mass is 79.9. The molecule has 0 aliphatic carbocycles. The van der Waals surface area contributed by atoms with Crippen molar-refractivity contribution in [2.75, 3.05) is 19.8 Å². The molecular weight excluding hydrogens is 356 g/mol. The number of nitrogens with one attached hydrogen (secondary N) is 1. The van der Waals surface area contributed by atoms with Gasteiger partial charge in [-0.2, -0.15) is 0 Å². The van der Waals surface area contributed by atoms with Crippen molar-refractivity contribution >= 4 is 26.0 Å². The summed E-state index contributed by atoms with van der Waals surface area (Å²) in [5.41, 5.74) is 7.25. The predicted octanol–water partition coefficient (Wildman–Crippen LogP) is 2.31. The Kier molecular flexibility index (Phi) is 7.83. The highest BCUT2D eigenvalue weighted by Gasteiger charge is 2.19. The van der Waals surface area contributed by atoms with Crippen molar-refractivity contribution in [2.24, 2.45) is 5.73 Å². The van der Waals surface area contributed by atoms with Crippen LogP contribution in [0.15, 0.2) is 21.5 Å². The Hall–Kier alpha value is -0.470. The number of rotatable bonds is 9. The molecule has 0 atom stereocenters. The molecule has 1 aromatic rings. The molecule has 0 saturated heterocycles. The van der Waals surface area contributed by atoms with Gasteiger partial charge in [0.1, 0.15) is 0 Å². The Bertz CT molecular complexity index is 562. The van der Waals surface area contributed by atoms with Gasteiger partial charge in [0.2, 0.25) is 10.0 Å². The summed E-state index contributed by atoms with van der Waals surface area (Å²) < 4.78 is 33.2. The van der Waals surface area contributed by atoms with E-state index in [9.17, 15) is 8.42 Å². The highest BCUT2D eigenvalue weighted by molar-refractivity contribution is 9.10. The molecular formula is C14H23BrN2O3S. The van der Waals surface area contributed by atoms with Gasteiger partial charge in [0.15, 0.2) is 0 Å². The number of nitrogens with two attached hydrogens (primary N) is 1. The molecule has 3 N–H and O–H groups in total. The van der Waals surface area contributed by atoms with Gasteiger partial charge >= 0.3 is 0 Å². The first-order chi connectivity index (χ1) is 9.92.